The topological polar surface area (TPSA) is 58.6 Å². The van der Waals surface area contributed by atoms with Gasteiger partial charge >= 0.3 is 0 Å². The zero-order valence-corrected chi connectivity index (χ0v) is 13.8. The van der Waals surface area contributed by atoms with E-state index in [1.54, 1.807) is 18.2 Å². The SMILES string of the molecule is CCOc1ccccc1N1C(=O)C[C@H](Nc2ccc(C)cc2)C1=O. The molecule has 0 saturated carbocycles. The van der Waals surface area contributed by atoms with Gasteiger partial charge in [-0.15, -0.1) is 0 Å². The predicted octanol–water partition coefficient (Wildman–Crippen LogP) is 3.14. The first kappa shape index (κ1) is 16.1. The molecule has 5 heteroatoms. The number of rotatable bonds is 5. The molecule has 0 spiro atoms. The van der Waals surface area contributed by atoms with Crippen LogP contribution in [0.4, 0.5) is 11.4 Å². The molecule has 0 aliphatic carbocycles. The number of para-hydroxylation sites is 2. The first-order valence-electron chi connectivity index (χ1n) is 8.02. The van der Waals surface area contributed by atoms with E-state index in [0.717, 1.165) is 11.3 Å². The van der Waals surface area contributed by atoms with Crippen LogP contribution >= 0.6 is 0 Å². The van der Waals surface area contributed by atoms with Gasteiger partial charge in [0.25, 0.3) is 5.91 Å². The summed E-state index contributed by atoms with van der Waals surface area (Å²) in [4.78, 5) is 26.4. The van der Waals surface area contributed by atoms with Crippen LogP contribution in [0.15, 0.2) is 48.5 Å². The van der Waals surface area contributed by atoms with E-state index in [-0.39, 0.29) is 18.2 Å². The van der Waals surface area contributed by atoms with Crippen LogP contribution in [0.5, 0.6) is 5.75 Å². The summed E-state index contributed by atoms with van der Waals surface area (Å²) in [6, 6.07) is 14.3. The van der Waals surface area contributed by atoms with Gasteiger partial charge in [-0.05, 0) is 38.1 Å². The number of carbonyl (C=O) groups excluding carboxylic acids is 2. The van der Waals surface area contributed by atoms with Gasteiger partial charge in [-0.2, -0.15) is 0 Å². The second kappa shape index (κ2) is 6.74. The number of carbonyl (C=O) groups is 2. The molecule has 2 aromatic carbocycles. The van der Waals surface area contributed by atoms with E-state index in [0.29, 0.717) is 18.0 Å². The molecule has 2 amide bonds. The molecule has 2 aromatic rings. The Morgan fingerprint density at radius 1 is 1.12 bits per heavy atom. The summed E-state index contributed by atoms with van der Waals surface area (Å²) < 4.78 is 5.55. The average molecular weight is 324 g/mol. The van der Waals surface area contributed by atoms with E-state index in [2.05, 4.69) is 5.32 Å². The minimum absolute atomic E-state index is 0.132. The van der Waals surface area contributed by atoms with E-state index in [1.165, 1.54) is 4.90 Å². The minimum Gasteiger partial charge on any atom is -0.492 e. The summed E-state index contributed by atoms with van der Waals surface area (Å²) in [7, 11) is 0. The summed E-state index contributed by atoms with van der Waals surface area (Å²) in [5, 5.41) is 3.15. The molecule has 0 bridgehead atoms. The Hall–Kier alpha value is -2.82. The van der Waals surface area contributed by atoms with Gasteiger partial charge in [-0.25, -0.2) is 4.90 Å². The number of nitrogens with zero attached hydrogens (tertiary/aromatic N) is 1. The van der Waals surface area contributed by atoms with Gasteiger partial charge in [0.2, 0.25) is 5.91 Å². The van der Waals surface area contributed by atoms with Gasteiger partial charge < -0.3 is 10.1 Å². The van der Waals surface area contributed by atoms with Crippen molar-refractivity contribution in [3.05, 3.63) is 54.1 Å². The number of benzene rings is 2. The van der Waals surface area contributed by atoms with Crippen LogP contribution in [0.2, 0.25) is 0 Å². The Kier molecular flexibility index (Phi) is 4.51. The quantitative estimate of drug-likeness (QED) is 0.859. The first-order chi connectivity index (χ1) is 11.6. The van der Waals surface area contributed by atoms with Crippen LogP contribution in [0.1, 0.15) is 18.9 Å². The summed E-state index contributed by atoms with van der Waals surface area (Å²) >= 11 is 0. The van der Waals surface area contributed by atoms with E-state index in [4.69, 9.17) is 4.74 Å². The number of ether oxygens (including phenoxy) is 1. The molecule has 0 radical (unpaired) electrons. The fourth-order valence-electron chi connectivity index (χ4n) is 2.77. The lowest BCUT2D eigenvalue weighted by Crippen LogP contribution is -2.35. The molecule has 5 nitrogen and oxygen atoms in total. The van der Waals surface area contributed by atoms with Gasteiger partial charge in [0.05, 0.1) is 18.7 Å². The van der Waals surface area contributed by atoms with Crippen LogP contribution in [0.3, 0.4) is 0 Å². The fourth-order valence-corrected chi connectivity index (χ4v) is 2.77. The number of amides is 2. The molecule has 1 aliphatic heterocycles. The van der Waals surface area contributed by atoms with Gasteiger partial charge in [-0.3, -0.25) is 9.59 Å². The highest BCUT2D eigenvalue weighted by Gasteiger charge is 2.40. The molecule has 0 aromatic heterocycles. The zero-order valence-electron chi connectivity index (χ0n) is 13.8. The van der Waals surface area contributed by atoms with Crippen molar-refractivity contribution in [1.82, 2.24) is 0 Å². The smallest absolute Gasteiger partial charge is 0.256 e. The van der Waals surface area contributed by atoms with Crippen LogP contribution in [0.25, 0.3) is 0 Å². The van der Waals surface area contributed by atoms with E-state index >= 15 is 0 Å². The Bertz CT molecular complexity index is 755. The highest BCUT2D eigenvalue weighted by molar-refractivity contribution is 6.23. The molecule has 1 N–H and O–H groups in total. The van der Waals surface area contributed by atoms with Crippen LogP contribution in [0, 0.1) is 6.92 Å². The third-order valence-corrected chi connectivity index (χ3v) is 3.95. The molecular weight excluding hydrogens is 304 g/mol. The molecule has 1 fully saturated rings. The van der Waals surface area contributed by atoms with Crippen molar-refractivity contribution in [2.45, 2.75) is 26.3 Å². The minimum atomic E-state index is -0.560. The zero-order chi connectivity index (χ0) is 17.1. The number of nitrogens with one attached hydrogen (secondary N) is 1. The maximum absolute atomic E-state index is 12.7. The molecular formula is C19H20N2O3. The van der Waals surface area contributed by atoms with E-state index in [1.807, 2.05) is 44.2 Å². The largest absolute Gasteiger partial charge is 0.492 e. The predicted molar refractivity (Wildman–Crippen MR) is 93.3 cm³/mol. The van der Waals surface area contributed by atoms with Gasteiger partial charge in [0.15, 0.2) is 0 Å². The fraction of sp³-hybridized carbons (Fsp3) is 0.263. The molecule has 1 aliphatic rings. The molecule has 124 valence electrons. The van der Waals surface area contributed by atoms with E-state index < -0.39 is 6.04 Å². The number of hydrogen-bond donors (Lipinski definition) is 1. The summed E-state index contributed by atoms with van der Waals surface area (Å²) in [6.45, 7) is 4.34. The van der Waals surface area contributed by atoms with Crippen molar-refractivity contribution < 1.29 is 14.3 Å². The Labute approximate surface area is 141 Å². The number of aryl methyl sites for hydroxylation is 1. The monoisotopic (exact) mass is 324 g/mol. The first-order valence-corrected chi connectivity index (χ1v) is 8.02. The van der Waals surface area contributed by atoms with Crippen LogP contribution in [-0.2, 0) is 9.59 Å². The maximum atomic E-state index is 12.7. The van der Waals surface area contributed by atoms with Crippen molar-refractivity contribution in [3.63, 3.8) is 0 Å². The highest BCUT2D eigenvalue weighted by Crippen LogP contribution is 2.32. The molecule has 24 heavy (non-hydrogen) atoms. The van der Waals surface area contributed by atoms with Crippen LogP contribution < -0.4 is 15.0 Å². The maximum Gasteiger partial charge on any atom is 0.256 e. The number of anilines is 2. The summed E-state index contributed by atoms with van der Waals surface area (Å²) in [6.07, 6.45) is 0.132. The number of imide groups is 1. The molecule has 3 rings (SSSR count). The standard InChI is InChI=1S/C19H20N2O3/c1-3-24-17-7-5-4-6-16(17)21-18(22)12-15(19(21)23)20-14-10-8-13(2)9-11-14/h4-11,15,20H,3,12H2,1-2H3/t15-/m0/s1. The molecule has 1 saturated heterocycles. The van der Waals surface area contributed by atoms with Crippen molar-refractivity contribution in [1.29, 1.82) is 0 Å². The second-order valence-corrected chi connectivity index (χ2v) is 5.74. The third kappa shape index (κ3) is 3.11. The summed E-state index contributed by atoms with van der Waals surface area (Å²) in [5.74, 6) is 0.0576. The Balaban J connectivity index is 1.83. The molecule has 1 heterocycles. The van der Waals surface area contributed by atoms with Gasteiger partial charge in [-0.1, -0.05) is 29.8 Å². The lowest BCUT2D eigenvalue weighted by atomic mass is 10.2. The lowest BCUT2D eigenvalue weighted by molar-refractivity contribution is -0.121. The van der Waals surface area contributed by atoms with Crippen molar-refractivity contribution in [2.75, 3.05) is 16.8 Å². The average Bonchev–Trinajstić information content (AvgIpc) is 2.85. The second-order valence-electron chi connectivity index (χ2n) is 5.74. The van der Waals surface area contributed by atoms with Crippen molar-refractivity contribution >= 4 is 23.2 Å². The Morgan fingerprint density at radius 2 is 1.83 bits per heavy atom. The van der Waals surface area contributed by atoms with Crippen molar-refractivity contribution in [2.24, 2.45) is 0 Å². The lowest BCUT2D eigenvalue weighted by Gasteiger charge is -2.19. The van der Waals surface area contributed by atoms with Crippen molar-refractivity contribution in [3.8, 4) is 5.75 Å². The molecule has 1 atom stereocenters. The highest BCUT2D eigenvalue weighted by atomic mass is 16.5. The van der Waals surface area contributed by atoms with Gasteiger partial charge in [0, 0.05) is 5.69 Å². The van der Waals surface area contributed by atoms with Gasteiger partial charge in [0.1, 0.15) is 11.8 Å². The van der Waals surface area contributed by atoms with Crippen LogP contribution in [-0.4, -0.2) is 24.5 Å². The normalized spacial score (nSPS) is 17.2. The molecule has 0 unspecified atom stereocenters. The Morgan fingerprint density at radius 3 is 2.54 bits per heavy atom. The number of hydrogen-bond acceptors (Lipinski definition) is 4. The third-order valence-electron chi connectivity index (χ3n) is 3.95. The summed E-state index contributed by atoms with van der Waals surface area (Å²) in [5.41, 5.74) is 2.47. The van der Waals surface area contributed by atoms with E-state index in [9.17, 15) is 9.59 Å².